The van der Waals surface area contributed by atoms with Gasteiger partial charge in [0.1, 0.15) is 42.4 Å². The maximum absolute atomic E-state index is 13.4. The van der Waals surface area contributed by atoms with E-state index in [-0.39, 0.29) is 60.6 Å². The van der Waals surface area contributed by atoms with Crippen LogP contribution in [0.2, 0.25) is 0 Å². The number of aliphatic hydroxyl groups is 3. The van der Waals surface area contributed by atoms with Crippen molar-refractivity contribution >= 4 is 5.78 Å². The summed E-state index contributed by atoms with van der Waals surface area (Å²) in [6, 6.07) is 0. The quantitative estimate of drug-likeness (QED) is 0.165. The Morgan fingerprint density at radius 3 is 1.34 bits per heavy atom. The summed E-state index contributed by atoms with van der Waals surface area (Å²) in [5.41, 5.74) is -0.465. The van der Waals surface area contributed by atoms with Crippen molar-refractivity contribution in [2.75, 3.05) is 28.4 Å². The second-order valence-electron chi connectivity index (χ2n) is 26.9. The first kappa shape index (κ1) is 63.4. The highest BCUT2D eigenvalue weighted by Gasteiger charge is 2.70. The Balaban J connectivity index is 0.617. The van der Waals surface area contributed by atoms with Gasteiger partial charge in [0, 0.05) is 91.6 Å². The van der Waals surface area contributed by atoms with Crippen LogP contribution in [0.1, 0.15) is 152 Å². The summed E-state index contributed by atoms with van der Waals surface area (Å²) in [4.78, 5) is 13.4. The highest BCUT2D eigenvalue weighted by Crippen LogP contribution is 2.67. The zero-order valence-corrected chi connectivity index (χ0v) is 51.3. The van der Waals surface area contributed by atoms with Gasteiger partial charge in [-0.3, -0.25) is 4.79 Å². The van der Waals surface area contributed by atoms with Crippen molar-refractivity contribution in [1.82, 2.24) is 0 Å². The number of fused-ring (bicyclic) bond motifs is 5. The summed E-state index contributed by atoms with van der Waals surface area (Å²) in [7, 11) is 6.45. The third kappa shape index (κ3) is 12.3. The van der Waals surface area contributed by atoms with Gasteiger partial charge in [0.05, 0.1) is 97.0 Å². The predicted molar refractivity (Wildman–Crippen MR) is 291 cm³/mol. The zero-order chi connectivity index (χ0) is 59.0. The molecular formula is C61H100O22. The van der Waals surface area contributed by atoms with Crippen LogP contribution in [-0.4, -0.2) is 221 Å². The Kier molecular flexibility index (Phi) is 19.6. The summed E-state index contributed by atoms with van der Waals surface area (Å²) in [5, 5.41) is 33.6. The largest absolute Gasteiger partial charge is 0.390 e. The van der Waals surface area contributed by atoms with Gasteiger partial charge >= 0.3 is 0 Å². The van der Waals surface area contributed by atoms with Crippen molar-refractivity contribution in [3.05, 3.63) is 0 Å². The number of aliphatic hydroxyl groups excluding tert-OH is 3. The fraction of sp³-hybridized carbons (Fsp3) is 0.984. The summed E-state index contributed by atoms with van der Waals surface area (Å²) in [6.45, 7) is 17.9. The van der Waals surface area contributed by atoms with Crippen molar-refractivity contribution in [2.24, 2.45) is 28.6 Å². The first-order chi connectivity index (χ1) is 39.6. The Morgan fingerprint density at radius 2 is 0.867 bits per heavy atom. The molecule has 22 nitrogen and oxygen atoms in total. The van der Waals surface area contributed by atoms with Crippen LogP contribution in [0.3, 0.4) is 0 Å². The number of rotatable bonds is 16. The number of Topliss-reactive ketones (excluding diaryl/α,β-unsaturated/α-hetero) is 1. The van der Waals surface area contributed by atoms with Crippen molar-refractivity contribution in [3.8, 4) is 0 Å². The molecule has 11 rings (SSSR count). The number of ketones is 1. The molecule has 476 valence electrons. The normalized spacial score (nSPS) is 54.8. The molecule has 3 N–H and O–H groups in total. The van der Waals surface area contributed by atoms with Crippen molar-refractivity contribution in [3.63, 3.8) is 0 Å². The molecule has 0 amide bonds. The lowest BCUT2D eigenvalue weighted by molar-refractivity contribution is -0.353. The smallest absolute Gasteiger partial charge is 0.172 e. The number of carbonyl (C=O) groups excluding carboxylic acids is 1. The molecule has 8 aliphatic heterocycles. The third-order valence-electron chi connectivity index (χ3n) is 22.0. The van der Waals surface area contributed by atoms with Crippen LogP contribution in [0.5, 0.6) is 0 Å². The Labute approximate surface area is 490 Å². The van der Waals surface area contributed by atoms with Gasteiger partial charge in [0.2, 0.25) is 0 Å². The van der Waals surface area contributed by atoms with Crippen LogP contribution >= 0.6 is 0 Å². The van der Waals surface area contributed by atoms with E-state index in [0.717, 1.165) is 44.9 Å². The van der Waals surface area contributed by atoms with E-state index in [2.05, 4.69) is 20.8 Å². The van der Waals surface area contributed by atoms with Gasteiger partial charge in [-0.2, -0.15) is 0 Å². The number of methoxy groups -OCH3 is 4. The molecule has 33 atom stereocenters. The lowest BCUT2D eigenvalue weighted by atomic mass is 9.52. The molecule has 0 aromatic heterocycles. The van der Waals surface area contributed by atoms with E-state index in [4.69, 9.17) is 85.3 Å². The van der Waals surface area contributed by atoms with Crippen LogP contribution in [0, 0.1) is 28.6 Å². The van der Waals surface area contributed by atoms with E-state index in [1.54, 1.807) is 35.4 Å². The highest BCUT2D eigenvalue weighted by atomic mass is 16.8. The lowest BCUT2D eigenvalue weighted by Gasteiger charge is -2.57. The molecule has 0 aromatic rings. The van der Waals surface area contributed by atoms with Gasteiger partial charge < -0.3 is 101 Å². The maximum Gasteiger partial charge on any atom is 0.172 e. The second-order valence-corrected chi connectivity index (χ2v) is 26.9. The average molecular weight is 1190 g/mol. The van der Waals surface area contributed by atoms with Gasteiger partial charge in [-0.05, 0) is 105 Å². The summed E-state index contributed by atoms with van der Waals surface area (Å²) in [6.07, 6.45) is -5.65. The molecular weight excluding hydrogens is 1080 g/mol. The zero-order valence-electron chi connectivity index (χ0n) is 51.3. The van der Waals surface area contributed by atoms with Crippen molar-refractivity contribution in [1.29, 1.82) is 0 Å². The number of ether oxygens (including phenoxy) is 18. The standard InChI is InChI=1S/C61H100O22/c1-28-37-14-15-45(64)60(37,9)46-27-44-59(8)18-17-36(20-35(59)16-19-61(44,82-28)83-46)76-49-24-41(67-11)56(32(5)73-49)79-47-21-38(62)54(30(3)71-47)77-51-25-42(68-12)57(33(6)74-51)80-48-22-39(63)55(31(4)72-48)78-52-26-43(69-13)58(34(7)75-52)81-50-23-40(66-10)53(65)29(2)70-50/h28-44,46-58,62-63,65H,14-27H2,1-13H3/t28?,29-,30-,31-,32-,33-,34-,35?,36+,37-,38+,39+,40-,41+,42-,43-,44-,46?,47+,48+,49+,50+,51+,52+,53-,54-,55-,56-,57-,58-,59+,60-,61+/m1/s1. The van der Waals surface area contributed by atoms with Crippen LogP contribution in [0.4, 0.5) is 0 Å². The van der Waals surface area contributed by atoms with E-state index >= 15 is 0 Å². The first-order valence-electron chi connectivity index (χ1n) is 31.5. The van der Waals surface area contributed by atoms with Gasteiger partial charge in [0.15, 0.2) is 43.5 Å². The molecule has 3 unspecified atom stereocenters. The molecule has 3 aliphatic carbocycles. The van der Waals surface area contributed by atoms with Crippen LogP contribution in [-0.2, 0) is 90.1 Å². The molecule has 0 aromatic carbocycles. The molecule has 11 fully saturated rings. The Hall–Kier alpha value is -1.17. The SMILES string of the molecule is CO[C@H]1C[C@H](O[C@H]2CC[C@@]3(C)C(CC[C@@]45OC(C)[C@H]6CCC(=O)[C@]6(C)C(C[C@@H]43)O5)C2)O[C@H](C)[C@H]1O[C@H]1C[C@H](O)[C@H](O[C@H]2C[C@@H](OC)[C@H](O[C@H]3C[C@H](O)[C@H](O[C@H]4C[C@@H](OC)[C@H](O[C@H]5C[C@@H](OC)[C@H](O)[C@@H](C)O5)[C@@H](C)O4)[C@@H](C)O3)[C@@H](C)O2)[C@@H](C)O1. The van der Waals surface area contributed by atoms with Crippen molar-refractivity contribution in [2.45, 2.75) is 324 Å². The summed E-state index contributed by atoms with van der Waals surface area (Å²) in [5.74, 6) is 0.599. The first-order valence-corrected chi connectivity index (χ1v) is 31.5. The second kappa shape index (κ2) is 25.6. The average Bonchev–Trinajstić information content (AvgIpc) is 1.95. The Bertz CT molecular complexity index is 2140. The van der Waals surface area contributed by atoms with E-state index in [1.165, 1.54) is 0 Å². The molecule has 1 spiro atoms. The third-order valence-corrected chi connectivity index (χ3v) is 22.0. The molecule has 83 heavy (non-hydrogen) atoms. The van der Waals surface area contributed by atoms with E-state index in [9.17, 15) is 20.1 Å². The molecule has 8 saturated heterocycles. The molecule has 8 heterocycles. The van der Waals surface area contributed by atoms with E-state index in [0.29, 0.717) is 43.8 Å². The molecule has 0 radical (unpaired) electrons. The van der Waals surface area contributed by atoms with Gasteiger partial charge in [-0.15, -0.1) is 0 Å². The van der Waals surface area contributed by atoms with Gasteiger partial charge in [0.25, 0.3) is 0 Å². The number of hydrogen-bond acceptors (Lipinski definition) is 22. The minimum Gasteiger partial charge on any atom is -0.390 e. The summed E-state index contributed by atoms with van der Waals surface area (Å²) >= 11 is 0. The molecule has 11 aliphatic rings. The molecule has 3 saturated carbocycles. The van der Waals surface area contributed by atoms with Crippen molar-refractivity contribution < 1.29 is 105 Å². The molecule has 2 bridgehead atoms. The van der Waals surface area contributed by atoms with E-state index < -0.39 is 147 Å². The van der Waals surface area contributed by atoms with Gasteiger partial charge in [-0.25, -0.2) is 0 Å². The topological polar surface area (TPSA) is 244 Å². The molecule has 22 heteroatoms. The maximum atomic E-state index is 13.4. The fourth-order valence-corrected chi connectivity index (χ4v) is 17.3. The minimum atomic E-state index is -0.949. The predicted octanol–water partition coefficient (Wildman–Crippen LogP) is 5.36. The van der Waals surface area contributed by atoms with E-state index in [1.807, 2.05) is 34.6 Å². The highest BCUT2D eigenvalue weighted by molar-refractivity contribution is 5.88. The van der Waals surface area contributed by atoms with Gasteiger partial charge in [-0.1, -0.05) is 6.92 Å². The monoisotopic (exact) mass is 1180 g/mol. The minimum absolute atomic E-state index is 0.0123. The summed E-state index contributed by atoms with van der Waals surface area (Å²) < 4.78 is 115. The van der Waals surface area contributed by atoms with Crippen LogP contribution in [0.15, 0.2) is 0 Å². The fourth-order valence-electron chi connectivity index (χ4n) is 17.3. The van der Waals surface area contributed by atoms with Crippen LogP contribution in [0.25, 0.3) is 0 Å². The Morgan fingerprint density at radius 1 is 0.446 bits per heavy atom. The number of hydrogen-bond donors (Lipinski definition) is 3. The number of carbonyl (C=O) groups is 1. The lowest BCUT2D eigenvalue weighted by Crippen LogP contribution is -2.58. The van der Waals surface area contributed by atoms with Crippen LogP contribution < -0.4 is 0 Å².